The number of nitrogens with one attached hydrogen (secondary N) is 1. The first kappa shape index (κ1) is 12.9. The highest BCUT2D eigenvalue weighted by Crippen LogP contribution is 1.99. The van der Waals surface area contributed by atoms with E-state index in [2.05, 4.69) is 15.3 Å². The van der Waals surface area contributed by atoms with E-state index < -0.39 is 11.9 Å². The number of hydrogen-bond donors (Lipinski definition) is 1. The van der Waals surface area contributed by atoms with Crippen molar-refractivity contribution in [2.75, 3.05) is 6.61 Å². The van der Waals surface area contributed by atoms with Crippen LogP contribution in [0.3, 0.4) is 0 Å². The van der Waals surface area contributed by atoms with Gasteiger partial charge in [0.05, 0.1) is 12.3 Å². The lowest BCUT2D eigenvalue weighted by Gasteiger charge is -2.02. The smallest absolute Gasteiger partial charge is 0.398 e. The van der Waals surface area contributed by atoms with Crippen LogP contribution in [0.4, 0.5) is 0 Å². The minimum atomic E-state index is -0.933. The highest BCUT2D eigenvalue weighted by atomic mass is 16.5. The van der Waals surface area contributed by atoms with E-state index in [1.54, 1.807) is 13.8 Å². The van der Waals surface area contributed by atoms with Gasteiger partial charge in [-0.05, 0) is 19.4 Å². The molecule has 0 aliphatic rings. The van der Waals surface area contributed by atoms with Gasteiger partial charge in [-0.25, -0.2) is 10.2 Å². The first-order valence-corrected chi connectivity index (χ1v) is 5.22. The molecule has 1 aromatic rings. The van der Waals surface area contributed by atoms with Gasteiger partial charge < -0.3 is 4.74 Å². The molecule has 0 unspecified atom stereocenters. The summed E-state index contributed by atoms with van der Waals surface area (Å²) < 4.78 is 4.52. The van der Waals surface area contributed by atoms with Crippen LogP contribution < -0.4 is 5.43 Å². The minimum absolute atomic E-state index is 0.160. The summed E-state index contributed by atoms with van der Waals surface area (Å²) in [6.45, 7) is 3.53. The molecule has 17 heavy (non-hydrogen) atoms. The summed E-state index contributed by atoms with van der Waals surface area (Å²) in [4.78, 5) is 22.2. The predicted molar refractivity (Wildman–Crippen MR) is 63.4 cm³/mol. The number of benzene rings is 1. The molecular formula is C12H14N2O3. The van der Waals surface area contributed by atoms with Crippen molar-refractivity contribution in [2.24, 2.45) is 5.10 Å². The third kappa shape index (κ3) is 4.06. The Labute approximate surface area is 99.5 Å². The second kappa shape index (κ2) is 6.42. The molecule has 0 atom stereocenters. The van der Waals surface area contributed by atoms with E-state index in [9.17, 15) is 9.59 Å². The Hall–Kier alpha value is -2.17. The Balaban J connectivity index is 2.60. The van der Waals surface area contributed by atoms with Gasteiger partial charge in [0.25, 0.3) is 0 Å². The van der Waals surface area contributed by atoms with Crippen LogP contribution >= 0.6 is 0 Å². The quantitative estimate of drug-likeness (QED) is 0.368. The summed E-state index contributed by atoms with van der Waals surface area (Å²) in [7, 11) is 0. The van der Waals surface area contributed by atoms with Crippen LogP contribution in [0.1, 0.15) is 19.4 Å². The zero-order chi connectivity index (χ0) is 12.7. The molecular weight excluding hydrogens is 220 g/mol. The lowest BCUT2D eigenvalue weighted by molar-refractivity contribution is -0.154. The van der Waals surface area contributed by atoms with Crippen molar-refractivity contribution in [1.29, 1.82) is 0 Å². The molecule has 1 aromatic carbocycles. The molecule has 1 amide bonds. The molecule has 1 rings (SSSR count). The molecule has 0 bridgehead atoms. The van der Waals surface area contributed by atoms with Gasteiger partial charge in [0, 0.05) is 0 Å². The molecule has 0 aliphatic carbocycles. The molecule has 0 heterocycles. The molecule has 90 valence electrons. The van der Waals surface area contributed by atoms with E-state index in [4.69, 9.17) is 0 Å². The highest BCUT2D eigenvalue weighted by Gasteiger charge is 2.13. The third-order valence-corrected chi connectivity index (χ3v) is 1.98. The Morgan fingerprint density at radius 3 is 2.53 bits per heavy atom. The Morgan fingerprint density at radius 2 is 1.94 bits per heavy atom. The van der Waals surface area contributed by atoms with Crippen LogP contribution in [0.2, 0.25) is 0 Å². The lowest BCUT2D eigenvalue weighted by atomic mass is 10.1. The monoisotopic (exact) mass is 234 g/mol. The van der Waals surface area contributed by atoms with E-state index in [0.29, 0.717) is 5.71 Å². The number of hydrogen-bond acceptors (Lipinski definition) is 4. The Bertz CT molecular complexity index is 427. The van der Waals surface area contributed by atoms with E-state index in [1.165, 1.54) is 0 Å². The average Bonchev–Trinajstić information content (AvgIpc) is 2.36. The van der Waals surface area contributed by atoms with Crippen molar-refractivity contribution >= 4 is 17.6 Å². The van der Waals surface area contributed by atoms with Gasteiger partial charge in [0.1, 0.15) is 0 Å². The van der Waals surface area contributed by atoms with Gasteiger partial charge in [-0.2, -0.15) is 5.10 Å². The second-order valence-electron chi connectivity index (χ2n) is 3.22. The fourth-order valence-electron chi connectivity index (χ4n) is 1.12. The fraction of sp³-hybridized carbons (Fsp3) is 0.250. The molecule has 0 saturated heterocycles. The van der Waals surface area contributed by atoms with Crippen LogP contribution in [-0.4, -0.2) is 24.2 Å². The second-order valence-corrected chi connectivity index (χ2v) is 3.22. The molecule has 1 N–H and O–H groups in total. The summed E-state index contributed by atoms with van der Waals surface area (Å²) in [6.07, 6.45) is 0. The maximum absolute atomic E-state index is 11.2. The average molecular weight is 234 g/mol. The van der Waals surface area contributed by atoms with Crippen LogP contribution in [0, 0.1) is 0 Å². The maximum atomic E-state index is 11.2. The Kier molecular flexibility index (Phi) is 4.87. The number of carbonyl (C=O) groups excluding carboxylic acids is 2. The number of amides is 1. The summed E-state index contributed by atoms with van der Waals surface area (Å²) in [5, 5.41) is 3.81. The molecule has 0 saturated carbocycles. The first-order valence-electron chi connectivity index (χ1n) is 5.22. The van der Waals surface area contributed by atoms with Crippen molar-refractivity contribution in [3.05, 3.63) is 35.9 Å². The van der Waals surface area contributed by atoms with Crippen LogP contribution in [0.25, 0.3) is 0 Å². The van der Waals surface area contributed by atoms with E-state index in [1.807, 2.05) is 30.3 Å². The molecule has 0 fully saturated rings. The van der Waals surface area contributed by atoms with Gasteiger partial charge in [-0.1, -0.05) is 30.3 Å². The molecule has 0 radical (unpaired) electrons. The topological polar surface area (TPSA) is 67.8 Å². The van der Waals surface area contributed by atoms with Crippen molar-refractivity contribution in [2.45, 2.75) is 13.8 Å². The van der Waals surface area contributed by atoms with Crippen LogP contribution in [-0.2, 0) is 14.3 Å². The third-order valence-electron chi connectivity index (χ3n) is 1.98. The van der Waals surface area contributed by atoms with Crippen molar-refractivity contribution < 1.29 is 14.3 Å². The van der Waals surface area contributed by atoms with Crippen molar-refractivity contribution in [3.63, 3.8) is 0 Å². The summed E-state index contributed by atoms with van der Waals surface area (Å²) >= 11 is 0. The zero-order valence-electron chi connectivity index (χ0n) is 9.77. The normalized spacial score (nSPS) is 10.8. The Morgan fingerprint density at radius 1 is 1.29 bits per heavy atom. The van der Waals surface area contributed by atoms with E-state index >= 15 is 0 Å². The van der Waals surface area contributed by atoms with Gasteiger partial charge in [0.2, 0.25) is 0 Å². The van der Waals surface area contributed by atoms with Gasteiger partial charge in [-0.3, -0.25) is 4.79 Å². The largest absolute Gasteiger partial charge is 0.459 e. The van der Waals surface area contributed by atoms with Gasteiger partial charge >= 0.3 is 11.9 Å². The number of ether oxygens (including phenoxy) is 1. The predicted octanol–water partition coefficient (Wildman–Crippen LogP) is 1.09. The van der Waals surface area contributed by atoms with E-state index in [-0.39, 0.29) is 6.61 Å². The van der Waals surface area contributed by atoms with Crippen molar-refractivity contribution in [1.82, 2.24) is 5.43 Å². The number of rotatable bonds is 3. The first-order chi connectivity index (χ1) is 8.15. The zero-order valence-corrected chi connectivity index (χ0v) is 9.77. The summed E-state index contributed by atoms with van der Waals surface area (Å²) in [5.74, 6) is -1.81. The van der Waals surface area contributed by atoms with E-state index in [0.717, 1.165) is 5.56 Å². The SMILES string of the molecule is CCOC(=O)C(=O)N/N=C(/C)c1ccccc1. The molecule has 0 spiro atoms. The molecule has 0 aliphatic heterocycles. The molecule has 5 heteroatoms. The lowest BCUT2D eigenvalue weighted by Crippen LogP contribution is -2.29. The fourth-order valence-corrected chi connectivity index (χ4v) is 1.12. The number of nitrogens with zero attached hydrogens (tertiary/aromatic N) is 1. The van der Waals surface area contributed by atoms with Crippen molar-refractivity contribution in [3.8, 4) is 0 Å². The van der Waals surface area contributed by atoms with Crippen LogP contribution in [0.5, 0.6) is 0 Å². The number of hydrazone groups is 1. The van der Waals surface area contributed by atoms with Gasteiger partial charge in [0.15, 0.2) is 0 Å². The molecule has 5 nitrogen and oxygen atoms in total. The number of carbonyl (C=O) groups is 2. The standard InChI is InChI=1S/C12H14N2O3/c1-3-17-12(16)11(15)14-13-9(2)10-7-5-4-6-8-10/h4-8H,3H2,1-2H3,(H,14,15)/b13-9-. The van der Waals surface area contributed by atoms with Gasteiger partial charge in [-0.15, -0.1) is 0 Å². The number of esters is 1. The minimum Gasteiger partial charge on any atom is -0.459 e. The maximum Gasteiger partial charge on any atom is 0.398 e. The summed E-state index contributed by atoms with van der Waals surface area (Å²) in [5.41, 5.74) is 3.63. The van der Waals surface area contributed by atoms with Crippen LogP contribution in [0.15, 0.2) is 35.4 Å². The summed E-state index contributed by atoms with van der Waals surface area (Å²) in [6, 6.07) is 9.32. The molecule has 0 aromatic heterocycles. The highest BCUT2D eigenvalue weighted by molar-refractivity contribution is 6.32.